The molecule has 1 saturated carbocycles. The second-order valence-corrected chi connectivity index (χ2v) is 5.21. The molecule has 1 aliphatic carbocycles. The number of amides is 1. The second-order valence-electron chi connectivity index (χ2n) is 5.21. The van der Waals surface area contributed by atoms with Crippen LogP contribution in [0.5, 0.6) is 0 Å². The molecule has 0 aromatic heterocycles. The first-order chi connectivity index (χ1) is 8.37. The van der Waals surface area contributed by atoms with E-state index in [1.54, 1.807) is 0 Å². The molecule has 0 bridgehead atoms. The lowest BCUT2D eigenvalue weighted by Gasteiger charge is -2.29. The molecule has 0 radical (unpaired) electrons. The maximum Gasteiger partial charge on any atom is 0.307 e. The molecule has 1 amide bonds. The number of rotatable bonds is 5. The molecule has 3 unspecified atom stereocenters. The number of aliphatic carboxylic acids is 1. The molecular formula is C12H21NO5. The van der Waals surface area contributed by atoms with Crippen molar-refractivity contribution in [2.24, 2.45) is 11.8 Å². The number of carbonyl (C=O) groups excluding carboxylic acids is 1. The Hall–Kier alpha value is -1.14. The molecule has 1 aliphatic rings. The highest BCUT2D eigenvalue weighted by molar-refractivity contribution is 5.84. The van der Waals surface area contributed by atoms with Gasteiger partial charge in [-0.15, -0.1) is 0 Å². The maximum absolute atomic E-state index is 11.9. The molecule has 0 heterocycles. The van der Waals surface area contributed by atoms with Gasteiger partial charge in [-0.05, 0) is 19.8 Å². The van der Waals surface area contributed by atoms with Crippen LogP contribution in [0.1, 0.15) is 32.6 Å². The summed E-state index contributed by atoms with van der Waals surface area (Å²) in [5, 5.41) is 30.0. The molecule has 0 saturated heterocycles. The molecular weight excluding hydrogens is 238 g/mol. The number of carbonyl (C=O) groups is 2. The Labute approximate surface area is 106 Å². The lowest BCUT2D eigenvalue weighted by Crippen LogP contribution is -2.47. The highest BCUT2D eigenvalue weighted by Crippen LogP contribution is 2.30. The molecule has 4 N–H and O–H groups in total. The van der Waals surface area contributed by atoms with Crippen LogP contribution in [0.15, 0.2) is 0 Å². The van der Waals surface area contributed by atoms with Crippen molar-refractivity contribution in [2.75, 3.05) is 13.2 Å². The van der Waals surface area contributed by atoms with E-state index in [1.165, 1.54) is 6.92 Å². The Morgan fingerprint density at radius 3 is 2.33 bits per heavy atom. The van der Waals surface area contributed by atoms with Crippen molar-refractivity contribution in [3.05, 3.63) is 0 Å². The zero-order chi connectivity index (χ0) is 13.8. The minimum atomic E-state index is -1.37. The average Bonchev–Trinajstić information content (AvgIpc) is 2.36. The van der Waals surface area contributed by atoms with E-state index in [0.717, 1.165) is 12.8 Å². The minimum Gasteiger partial charge on any atom is -0.481 e. The van der Waals surface area contributed by atoms with Gasteiger partial charge in [0.05, 0.1) is 18.4 Å². The Bertz CT molecular complexity index is 316. The van der Waals surface area contributed by atoms with Crippen LogP contribution in [-0.2, 0) is 9.59 Å². The smallest absolute Gasteiger partial charge is 0.307 e. The molecule has 0 spiro atoms. The van der Waals surface area contributed by atoms with E-state index in [9.17, 15) is 14.7 Å². The number of hydrogen-bond donors (Lipinski definition) is 4. The summed E-state index contributed by atoms with van der Waals surface area (Å²) in [6.07, 6.45) is 2.75. The summed E-state index contributed by atoms with van der Waals surface area (Å²) in [5.74, 6) is -2.47. The van der Waals surface area contributed by atoms with E-state index in [-0.39, 0.29) is 12.5 Å². The molecule has 1 fully saturated rings. The largest absolute Gasteiger partial charge is 0.481 e. The first-order valence-electron chi connectivity index (χ1n) is 6.21. The van der Waals surface area contributed by atoms with Crippen LogP contribution in [0, 0.1) is 11.8 Å². The van der Waals surface area contributed by atoms with Gasteiger partial charge in [0.15, 0.2) is 0 Å². The normalized spacial score (nSPS) is 27.3. The number of carboxylic acid groups (broad SMARTS) is 1. The quantitative estimate of drug-likeness (QED) is 0.544. The predicted molar refractivity (Wildman–Crippen MR) is 63.8 cm³/mol. The van der Waals surface area contributed by atoms with Gasteiger partial charge in [0.1, 0.15) is 5.60 Å². The lowest BCUT2D eigenvalue weighted by molar-refractivity contribution is -0.149. The van der Waals surface area contributed by atoms with E-state index in [4.69, 9.17) is 10.2 Å². The van der Waals surface area contributed by atoms with Crippen LogP contribution in [-0.4, -0.2) is 45.9 Å². The Morgan fingerprint density at radius 2 is 1.83 bits per heavy atom. The summed E-state index contributed by atoms with van der Waals surface area (Å²) in [7, 11) is 0. The van der Waals surface area contributed by atoms with Crippen LogP contribution in [0.2, 0.25) is 0 Å². The molecule has 0 aliphatic heterocycles. The third kappa shape index (κ3) is 3.96. The van der Waals surface area contributed by atoms with E-state index >= 15 is 0 Å². The summed E-state index contributed by atoms with van der Waals surface area (Å²) in [6, 6.07) is 0. The molecule has 0 aromatic rings. The first-order valence-corrected chi connectivity index (χ1v) is 6.21. The molecule has 104 valence electrons. The van der Waals surface area contributed by atoms with Gasteiger partial charge >= 0.3 is 5.97 Å². The van der Waals surface area contributed by atoms with Gasteiger partial charge in [-0.25, -0.2) is 0 Å². The van der Waals surface area contributed by atoms with Crippen LogP contribution in [0.25, 0.3) is 0 Å². The van der Waals surface area contributed by atoms with E-state index in [2.05, 4.69) is 5.32 Å². The Morgan fingerprint density at radius 1 is 1.28 bits per heavy atom. The highest BCUT2D eigenvalue weighted by Gasteiger charge is 2.36. The topological polar surface area (TPSA) is 107 Å². The summed E-state index contributed by atoms with van der Waals surface area (Å²) in [6.45, 7) is 0.869. The summed E-state index contributed by atoms with van der Waals surface area (Å²) in [5.41, 5.74) is -1.37. The molecule has 0 aromatic carbocycles. The Kier molecular flexibility index (Phi) is 5.10. The van der Waals surface area contributed by atoms with E-state index < -0.39 is 30.0 Å². The van der Waals surface area contributed by atoms with Gasteiger partial charge in [-0.1, -0.05) is 12.8 Å². The number of aliphatic hydroxyl groups excluding tert-OH is 1. The third-order valence-electron chi connectivity index (χ3n) is 3.40. The van der Waals surface area contributed by atoms with Crippen molar-refractivity contribution in [2.45, 2.75) is 38.2 Å². The van der Waals surface area contributed by atoms with Crippen molar-refractivity contribution >= 4 is 11.9 Å². The number of aliphatic hydroxyl groups is 2. The van der Waals surface area contributed by atoms with Crippen molar-refractivity contribution in [3.63, 3.8) is 0 Å². The molecule has 6 nitrogen and oxygen atoms in total. The lowest BCUT2D eigenvalue weighted by atomic mass is 9.78. The highest BCUT2D eigenvalue weighted by atomic mass is 16.4. The first kappa shape index (κ1) is 14.9. The van der Waals surface area contributed by atoms with Crippen LogP contribution >= 0.6 is 0 Å². The second kappa shape index (κ2) is 6.15. The van der Waals surface area contributed by atoms with Crippen molar-refractivity contribution in [1.29, 1.82) is 0 Å². The van der Waals surface area contributed by atoms with Crippen LogP contribution < -0.4 is 5.32 Å². The third-order valence-corrected chi connectivity index (χ3v) is 3.40. The zero-order valence-electron chi connectivity index (χ0n) is 10.6. The average molecular weight is 259 g/mol. The molecule has 18 heavy (non-hydrogen) atoms. The SMILES string of the molecule is CC(O)(CO)CNC(=O)C1CCCCC1C(=O)O. The fourth-order valence-corrected chi connectivity index (χ4v) is 2.20. The monoisotopic (exact) mass is 259 g/mol. The zero-order valence-corrected chi connectivity index (χ0v) is 10.6. The maximum atomic E-state index is 11.9. The summed E-state index contributed by atoms with van der Waals surface area (Å²) in [4.78, 5) is 23.0. The number of nitrogens with one attached hydrogen (secondary N) is 1. The summed E-state index contributed by atoms with van der Waals surface area (Å²) < 4.78 is 0. The summed E-state index contributed by atoms with van der Waals surface area (Å²) >= 11 is 0. The van der Waals surface area contributed by atoms with Gasteiger partial charge in [-0.3, -0.25) is 9.59 Å². The minimum absolute atomic E-state index is 0.0782. The fraction of sp³-hybridized carbons (Fsp3) is 0.833. The van der Waals surface area contributed by atoms with Gasteiger partial charge in [0, 0.05) is 6.54 Å². The number of hydrogen-bond acceptors (Lipinski definition) is 4. The van der Waals surface area contributed by atoms with Gasteiger partial charge in [0.25, 0.3) is 0 Å². The molecule has 6 heteroatoms. The fourth-order valence-electron chi connectivity index (χ4n) is 2.20. The predicted octanol–water partition coefficient (Wildman–Crippen LogP) is -0.263. The van der Waals surface area contributed by atoms with Crippen LogP contribution in [0.3, 0.4) is 0 Å². The van der Waals surface area contributed by atoms with Crippen molar-refractivity contribution in [3.8, 4) is 0 Å². The standard InChI is InChI=1S/C12H21NO5/c1-12(18,7-14)6-13-10(15)8-4-2-3-5-9(8)11(16)17/h8-9,14,18H,2-7H2,1H3,(H,13,15)(H,16,17). The molecule has 3 atom stereocenters. The molecule has 1 rings (SSSR count). The Balaban J connectivity index is 2.56. The van der Waals surface area contributed by atoms with Crippen molar-refractivity contribution < 1.29 is 24.9 Å². The van der Waals surface area contributed by atoms with E-state index in [1.807, 2.05) is 0 Å². The van der Waals surface area contributed by atoms with Gasteiger partial charge < -0.3 is 20.6 Å². The van der Waals surface area contributed by atoms with Crippen LogP contribution in [0.4, 0.5) is 0 Å². The van der Waals surface area contributed by atoms with Gasteiger partial charge in [0.2, 0.25) is 5.91 Å². The number of carboxylic acids is 1. The van der Waals surface area contributed by atoms with Crippen molar-refractivity contribution in [1.82, 2.24) is 5.32 Å². The van der Waals surface area contributed by atoms with Gasteiger partial charge in [-0.2, -0.15) is 0 Å². The van der Waals surface area contributed by atoms with E-state index in [0.29, 0.717) is 12.8 Å².